The largest absolute Gasteiger partial charge is 0.490 e. The van der Waals surface area contributed by atoms with Gasteiger partial charge in [0.2, 0.25) is 0 Å². The van der Waals surface area contributed by atoms with Gasteiger partial charge in [-0.1, -0.05) is 24.6 Å². The van der Waals surface area contributed by atoms with Gasteiger partial charge in [0.1, 0.15) is 34.6 Å². The summed E-state index contributed by atoms with van der Waals surface area (Å²) in [7, 11) is 0. The molecule has 2 aromatic carbocycles. The highest BCUT2D eigenvalue weighted by Crippen LogP contribution is 2.29. The second-order valence-electron chi connectivity index (χ2n) is 6.44. The van der Waals surface area contributed by atoms with E-state index in [9.17, 15) is 9.90 Å². The highest BCUT2D eigenvalue weighted by atomic mass is 32.1. The van der Waals surface area contributed by atoms with Crippen LogP contribution in [0.4, 0.5) is 0 Å². The number of carbonyl (C=O) groups is 1. The number of benzene rings is 2. The molecular weight excluding hydrogens is 374 g/mol. The van der Waals surface area contributed by atoms with E-state index in [0.29, 0.717) is 35.2 Å². The molecule has 0 saturated carbocycles. The van der Waals surface area contributed by atoms with Gasteiger partial charge in [0.15, 0.2) is 0 Å². The van der Waals surface area contributed by atoms with Crippen LogP contribution in [-0.2, 0) is 6.42 Å². The van der Waals surface area contributed by atoms with Gasteiger partial charge in [-0.3, -0.25) is 0 Å². The zero-order valence-electron chi connectivity index (χ0n) is 16.2. The van der Waals surface area contributed by atoms with Gasteiger partial charge in [-0.05, 0) is 56.2 Å². The summed E-state index contributed by atoms with van der Waals surface area (Å²) in [6.07, 6.45) is 0.597. The van der Waals surface area contributed by atoms with Crippen molar-refractivity contribution in [1.29, 1.82) is 0 Å². The van der Waals surface area contributed by atoms with Crippen molar-refractivity contribution < 1.29 is 19.4 Å². The molecule has 1 N–H and O–H groups in total. The van der Waals surface area contributed by atoms with Gasteiger partial charge < -0.3 is 14.6 Å². The molecule has 0 aliphatic rings. The maximum atomic E-state index is 11.3. The number of hydrogen-bond acceptors (Lipinski definition) is 5. The quantitative estimate of drug-likeness (QED) is 0.533. The Balaban J connectivity index is 1.57. The van der Waals surface area contributed by atoms with Crippen LogP contribution in [-0.4, -0.2) is 29.3 Å². The average Bonchev–Trinajstić information content (AvgIpc) is 3.12. The molecule has 1 aromatic heterocycles. The van der Waals surface area contributed by atoms with E-state index in [1.807, 2.05) is 50.2 Å². The van der Waals surface area contributed by atoms with E-state index in [1.54, 1.807) is 0 Å². The molecule has 0 spiro atoms. The molecule has 3 rings (SSSR count). The van der Waals surface area contributed by atoms with Crippen LogP contribution in [0.1, 0.15) is 33.4 Å². The van der Waals surface area contributed by atoms with Crippen molar-refractivity contribution in [2.75, 3.05) is 13.2 Å². The first-order chi connectivity index (χ1) is 13.5. The molecule has 0 atom stereocenters. The first-order valence-electron chi connectivity index (χ1n) is 9.14. The van der Waals surface area contributed by atoms with Crippen LogP contribution in [0.25, 0.3) is 10.6 Å². The van der Waals surface area contributed by atoms with E-state index in [-0.39, 0.29) is 0 Å². The number of hydrogen-bond donors (Lipinski definition) is 1. The van der Waals surface area contributed by atoms with Gasteiger partial charge in [-0.25, -0.2) is 9.78 Å². The van der Waals surface area contributed by atoms with Gasteiger partial charge in [-0.2, -0.15) is 0 Å². The van der Waals surface area contributed by atoms with E-state index in [2.05, 4.69) is 18.0 Å². The van der Waals surface area contributed by atoms with Gasteiger partial charge in [0.25, 0.3) is 0 Å². The number of rotatable bonds is 8. The number of aryl methyl sites for hydroxylation is 3. The number of ether oxygens (including phenoxy) is 2. The fourth-order valence-electron chi connectivity index (χ4n) is 2.85. The highest BCUT2D eigenvalue weighted by Gasteiger charge is 2.16. The van der Waals surface area contributed by atoms with Crippen molar-refractivity contribution in [3.8, 4) is 22.1 Å². The van der Waals surface area contributed by atoms with Crippen molar-refractivity contribution >= 4 is 17.3 Å². The van der Waals surface area contributed by atoms with Crippen LogP contribution in [0.5, 0.6) is 11.5 Å². The van der Waals surface area contributed by atoms with Gasteiger partial charge in [0.05, 0.1) is 5.69 Å². The molecule has 0 aliphatic carbocycles. The lowest BCUT2D eigenvalue weighted by atomic mass is 10.1. The van der Waals surface area contributed by atoms with Crippen molar-refractivity contribution in [3.05, 3.63) is 64.2 Å². The zero-order chi connectivity index (χ0) is 20.1. The Morgan fingerprint density at radius 3 is 2.39 bits per heavy atom. The molecule has 0 radical (unpaired) electrons. The van der Waals surface area contributed by atoms with E-state index in [1.165, 1.54) is 16.9 Å². The lowest BCUT2D eigenvalue weighted by Gasteiger charge is -2.11. The van der Waals surface area contributed by atoms with Crippen molar-refractivity contribution in [2.45, 2.75) is 27.2 Å². The van der Waals surface area contributed by atoms with E-state index in [0.717, 1.165) is 22.6 Å². The summed E-state index contributed by atoms with van der Waals surface area (Å²) in [5.41, 5.74) is 3.82. The third-order valence-electron chi connectivity index (χ3n) is 4.27. The number of thiazole rings is 1. The Labute approximate surface area is 168 Å². The van der Waals surface area contributed by atoms with Crippen LogP contribution >= 0.6 is 11.3 Å². The topological polar surface area (TPSA) is 68.7 Å². The van der Waals surface area contributed by atoms with E-state index < -0.39 is 5.97 Å². The third-order valence-corrected chi connectivity index (χ3v) is 5.40. The maximum Gasteiger partial charge on any atom is 0.347 e. The maximum absolute atomic E-state index is 11.3. The number of aromatic carboxylic acids is 1. The molecule has 5 nitrogen and oxygen atoms in total. The van der Waals surface area contributed by atoms with Crippen molar-refractivity contribution in [1.82, 2.24) is 4.98 Å². The number of nitrogens with zero attached hydrogens (tertiary/aromatic N) is 1. The summed E-state index contributed by atoms with van der Waals surface area (Å²) in [4.78, 5) is 16.1. The smallest absolute Gasteiger partial charge is 0.347 e. The zero-order valence-corrected chi connectivity index (χ0v) is 17.0. The summed E-state index contributed by atoms with van der Waals surface area (Å²) in [5, 5.41) is 9.98. The summed E-state index contributed by atoms with van der Waals surface area (Å²) in [6, 6.07) is 13.6. The molecule has 0 aliphatic heterocycles. The molecule has 6 heteroatoms. The molecule has 0 fully saturated rings. The van der Waals surface area contributed by atoms with Crippen LogP contribution in [0.2, 0.25) is 0 Å². The minimum Gasteiger partial charge on any atom is -0.490 e. The summed E-state index contributed by atoms with van der Waals surface area (Å²) < 4.78 is 11.5. The molecule has 0 amide bonds. The molecule has 0 unspecified atom stereocenters. The van der Waals surface area contributed by atoms with Gasteiger partial charge in [-0.15, -0.1) is 11.3 Å². The second-order valence-corrected chi connectivity index (χ2v) is 7.44. The molecular formula is C22H23NO4S. The minimum absolute atomic E-state index is 0.307. The molecule has 1 heterocycles. The van der Waals surface area contributed by atoms with Gasteiger partial charge in [0, 0.05) is 5.56 Å². The Morgan fingerprint density at radius 2 is 1.79 bits per heavy atom. The Bertz CT molecular complexity index is 963. The normalized spacial score (nSPS) is 10.7. The summed E-state index contributed by atoms with van der Waals surface area (Å²) >= 11 is 1.20. The number of carboxylic acids is 1. The van der Waals surface area contributed by atoms with Crippen LogP contribution in [0, 0.1) is 13.8 Å². The van der Waals surface area contributed by atoms with Crippen molar-refractivity contribution in [3.63, 3.8) is 0 Å². The summed E-state index contributed by atoms with van der Waals surface area (Å²) in [6.45, 7) is 6.89. The fourth-order valence-corrected chi connectivity index (χ4v) is 3.85. The first kappa shape index (κ1) is 19.9. The predicted molar refractivity (Wildman–Crippen MR) is 111 cm³/mol. The SMILES string of the molecule is CCc1nc(-c2ccc(OCCOc3ccc(C)cc3C)cc2)sc1C(=O)O. The Kier molecular flexibility index (Phi) is 6.31. The molecule has 0 bridgehead atoms. The molecule has 3 aromatic rings. The predicted octanol–water partition coefficient (Wildman–Crippen LogP) is 5.15. The van der Waals surface area contributed by atoms with Crippen LogP contribution in [0.3, 0.4) is 0 Å². The monoisotopic (exact) mass is 397 g/mol. The van der Waals surface area contributed by atoms with E-state index >= 15 is 0 Å². The van der Waals surface area contributed by atoms with Crippen LogP contribution in [0.15, 0.2) is 42.5 Å². The molecule has 146 valence electrons. The van der Waals surface area contributed by atoms with E-state index in [4.69, 9.17) is 9.47 Å². The molecule has 28 heavy (non-hydrogen) atoms. The highest BCUT2D eigenvalue weighted by molar-refractivity contribution is 7.17. The number of aromatic nitrogens is 1. The average molecular weight is 397 g/mol. The Hall–Kier alpha value is -2.86. The fraction of sp³-hybridized carbons (Fsp3) is 0.273. The van der Waals surface area contributed by atoms with Crippen molar-refractivity contribution in [2.24, 2.45) is 0 Å². The van der Waals surface area contributed by atoms with Crippen LogP contribution < -0.4 is 9.47 Å². The Morgan fingerprint density at radius 1 is 1.07 bits per heavy atom. The lowest BCUT2D eigenvalue weighted by Crippen LogP contribution is -2.09. The third kappa shape index (κ3) is 4.70. The van der Waals surface area contributed by atoms with Gasteiger partial charge >= 0.3 is 5.97 Å². The first-order valence-corrected chi connectivity index (χ1v) is 9.96. The second kappa shape index (κ2) is 8.89. The summed E-state index contributed by atoms with van der Waals surface area (Å²) in [5.74, 6) is 0.678. The standard InChI is InChI=1S/C22H23NO4S/c1-4-18-20(22(24)25)28-21(23-18)16-6-8-17(9-7-16)26-11-12-27-19-10-5-14(2)13-15(19)3/h5-10,13H,4,11-12H2,1-3H3,(H,24,25). The number of carboxylic acid groups (broad SMARTS) is 1. The minimum atomic E-state index is -0.927. The molecule has 0 saturated heterocycles. The lowest BCUT2D eigenvalue weighted by molar-refractivity contribution is 0.0701.